The molecule has 0 bridgehead atoms. The third-order valence-corrected chi connectivity index (χ3v) is 10.4. The van der Waals surface area contributed by atoms with Crippen molar-refractivity contribution in [2.75, 3.05) is 25.1 Å². The van der Waals surface area contributed by atoms with Crippen LogP contribution in [0.5, 0.6) is 0 Å². The van der Waals surface area contributed by atoms with Crippen LogP contribution in [-0.4, -0.2) is 96.7 Å². The maximum Gasteiger partial charge on any atom is 0.243 e. The van der Waals surface area contributed by atoms with Crippen LogP contribution in [0, 0.1) is 17.8 Å². The number of hydrogen-bond donors (Lipinski definition) is 8. The molecule has 0 spiro atoms. The lowest BCUT2D eigenvalue weighted by Crippen LogP contribution is -2.58. The van der Waals surface area contributed by atoms with Crippen molar-refractivity contribution in [3.63, 3.8) is 0 Å². The second-order valence-corrected chi connectivity index (χ2v) is 15.9. The second kappa shape index (κ2) is 23.1. The Balaban J connectivity index is 1.80. The summed E-state index contributed by atoms with van der Waals surface area (Å²) in [5, 5.41) is 16.7. The first-order chi connectivity index (χ1) is 27.1. The largest absolute Gasteiger partial charge is 0.370 e. The molecular weight excluding hydrogens is 749 g/mol. The molecule has 310 valence electrons. The second-order valence-electron chi connectivity index (χ2n) is 14.9. The van der Waals surface area contributed by atoms with Gasteiger partial charge in [0.1, 0.15) is 24.2 Å². The first kappa shape index (κ1) is 46.2. The van der Waals surface area contributed by atoms with Crippen molar-refractivity contribution in [1.29, 1.82) is 0 Å². The Hall–Kier alpha value is -5.22. The van der Waals surface area contributed by atoms with E-state index in [-0.39, 0.29) is 37.5 Å². The summed E-state index contributed by atoms with van der Waals surface area (Å²) < 4.78 is 0. The molecule has 0 radical (unpaired) electrons. The number of nitrogens with one attached hydrogen (secondary N) is 6. The predicted octanol–water partition coefficient (Wildman–Crippen LogP) is 0.467. The Labute approximate surface area is 339 Å². The van der Waals surface area contributed by atoms with Crippen molar-refractivity contribution in [3.05, 3.63) is 83.9 Å². The third-order valence-electron chi connectivity index (χ3n) is 9.74. The highest BCUT2D eigenvalue weighted by Gasteiger charge is 2.42. The van der Waals surface area contributed by atoms with Gasteiger partial charge in [0.05, 0.1) is 12.6 Å². The predicted molar refractivity (Wildman–Crippen MR) is 220 cm³/mol. The van der Waals surface area contributed by atoms with E-state index in [0.717, 1.165) is 16.7 Å². The number of benzene rings is 2. The van der Waals surface area contributed by atoms with Crippen LogP contribution >= 0.6 is 11.8 Å². The Morgan fingerprint density at radius 3 is 1.84 bits per heavy atom. The summed E-state index contributed by atoms with van der Waals surface area (Å²) in [7, 11) is 0. The molecule has 1 fully saturated rings. The van der Waals surface area contributed by atoms with Gasteiger partial charge in [0.25, 0.3) is 0 Å². The fraction of sp³-hybridized carbons (Fsp3) is 0.488. The number of rotatable bonds is 23. The Morgan fingerprint density at radius 2 is 1.33 bits per heavy atom. The highest BCUT2D eigenvalue weighted by molar-refractivity contribution is 7.98. The number of hydrogen-bond acceptors (Lipinski definition) is 9. The maximum absolute atomic E-state index is 14.1. The minimum atomic E-state index is -1.18. The molecule has 1 saturated heterocycles. The molecule has 1 heterocycles. The van der Waals surface area contributed by atoms with Gasteiger partial charge in [-0.15, -0.1) is 0 Å². The molecule has 2 aromatic rings. The monoisotopic (exact) mass is 806 g/mol. The zero-order valence-electron chi connectivity index (χ0n) is 33.2. The summed E-state index contributed by atoms with van der Waals surface area (Å²) in [4.78, 5) is 92.1. The number of thioether (sulfide) groups is 1. The van der Waals surface area contributed by atoms with Gasteiger partial charge in [0.15, 0.2) is 0 Å². The van der Waals surface area contributed by atoms with Crippen LogP contribution in [0.3, 0.4) is 0 Å². The molecular formula is C41H58N8O7S. The molecule has 0 aromatic heterocycles. The lowest BCUT2D eigenvalue weighted by atomic mass is 9.83. The maximum atomic E-state index is 14.1. The Morgan fingerprint density at radius 1 is 0.789 bits per heavy atom. The molecule has 1 aliphatic rings. The van der Waals surface area contributed by atoms with Gasteiger partial charge in [-0.05, 0) is 60.7 Å². The van der Waals surface area contributed by atoms with Crippen molar-refractivity contribution in [3.8, 4) is 0 Å². The minimum absolute atomic E-state index is 0.00493. The van der Waals surface area contributed by atoms with E-state index in [0.29, 0.717) is 18.7 Å². The van der Waals surface area contributed by atoms with Crippen LogP contribution in [0.2, 0.25) is 0 Å². The first-order valence-electron chi connectivity index (χ1n) is 19.1. The molecule has 0 unspecified atom stereocenters. The van der Waals surface area contributed by atoms with Crippen LogP contribution < -0.4 is 43.4 Å². The molecule has 57 heavy (non-hydrogen) atoms. The van der Waals surface area contributed by atoms with E-state index in [2.05, 4.69) is 38.5 Å². The van der Waals surface area contributed by atoms with Gasteiger partial charge in [-0.3, -0.25) is 33.6 Å². The van der Waals surface area contributed by atoms with E-state index >= 15 is 0 Å². The van der Waals surface area contributed by atoms with E-state index < -0.39 is 84.0 Å². The number of primary amides is 2. The molecule has 0 aliphatic carbocycles. The van der Waals surface area contributed by atoms with Gasteiger partial charge in [-0.2, -0.15) is 11.8 Å². The average Bonchev–Trinajstić information content (AvgIpc) is 3.58. The topological polar surface area (TPSA) is 244 Å². The molecule has 2 aromatic carbocycles. The van der Waals surface area contributed by atoms with Crippen molar-refractivity contribution < 1.29 is 33.6 Å². The van der Waals surface area contributed by atoms with Crippen molar-refractivity contribution >= 4 is 53.1 Å². The molecule has 7 atom stereocenters. The van der Waals surface area contributed by atoms with Gasteiger partial charge in [-0.25, -0.2) is 0 Å². The zero-order valence-corrected chi connectivity index (χ0v) is 34.0. The van der Waals surface area contributed by atoms with E-state index in [1.807, 2.05) is 51.3 Å². The van der Waals surface area contributed by atoms with Crippen LogP contribution in [0.1, 0.15) is 51.2 Å². The standard InChI is InChI=1S/C41H58N8O7S/c1-24(2)18-31(39(54)47-30(37(43)52)16-17-57-5)46-35(51)23-45-38(53)32(19-26-12-8-6-9-13-26)48-40(55)33(20-27-14-10-7-11-15-27)49-41(56)36-28(21-34(42)50)29(22-44-36)25(3)4/h6-15,24,28-33,36,44H,3,16-23H2,1-2,4-5H3,(H2,42,50)(H2,43,52)(H,45,53)(H,46,51)(H,47,54)(H,48,55)(H,49,56)/t28-,29+,30-,31-,32-,33-,36-/m0/s1. The van der Waals surface area contributed by atoms with Gasteiger partial charge < -0.3 is 43.4 Å². The van der Waals surface area contributed by atoms with Crippen molar-refractivity contribution in [1.82, 2.24) is 31.9 Å². The van der Waals surface area contributed by atoms with Crippen LogP contribution in [0.25, 0.3) is 0 Å². The number of amides is 7. The van der Waals surface area contributed by atoms with E-state index in [4.69, 9.17) is 11.5 Å². The van der Waals surface area contributed by atoms with Crippen LogP contribution in [0.4, 0.5) is 0 Å². The normalized spacial score (nSPS) is 18.3. The highest BCUT2D eigenvalue weighted by atomic mass is 32.2. The highest BCUT2D eigenvalue weighted by Crippen LogP contribution is 2.31. The Kier molecular flexibility index (Phi) is 18.7. The minimum Gasteiger partial charge on any atom is -0.370 e. The molecule has 15 nitrogen and oxygen atoms in total. The van der Waals surface area contributed by atoms with Crippen molar-refractivity contribution in [2.45, 2.75) is 83.1 Å². The van der Waals surface area contributed by atoms with E-state index in [1.165, 1.54) is 11.8 Å². The smallest absolute Gasteiger partial charge is 0.243 e. The molecule has 1 aliphatic heterocycles. The summed E-state index contributed by atoms with van der Waals surface area (Å²) in [5.41, 5.74) is 13.3. The first-order valence-corrected chi connectivity index (χ1v) is 20.5. The SMILES string of the molecule is C=C(C)[C@H]1CN[C@H](C(=O)N[C@@H](Cc2ccccc2)C(=O)N[C@@H](Cc2ccccc2)C(=O)NCC(=O)N[C@@H](CC(C)C)C(=O)N[C@@H](CCSC)C(N)=O)[C@H]1CC(N)=O. The van der Waals surface area contributed by atoms with Gasteiger partial charge in [0.2, 0.25) is 41.4 Å². The lowest BCUT2D eigenvalue weighted by Gasteiger charge is -2.27. The summed E-state index contributed by atoms with van der Waals surface area (Å²) in [5.74, 6) is -4.38. The molecule has 16 heteroatoms. The molecule has 3 rings (SSSR count). The number of carbonyl (C=O) groups excluding carboxylic acids is 7. The summed E-state index contributed by atoms with van der Waals surface area (Å²) in [6.45, 7) is 9.48. The summed E-state index contributed by atoms with van der Waals surface area (Å²) in [6, 6.07) is 13.0. The number of carbonyl (C=O) groups is 7. The fourth-order valence-electron chi connectivity index (χ4n) is 6.79. The Bertz CT molecular complexity index is 1710. The van der Waals surface area contributed by atoms with E-state index in [1.54, 1.807) is 36.4 Å². The third kappa shape index (κ3) is 15.3. The summed E-state index contributed by atoms with van der Waals surface area (Å²) >= 11 is 1.50. The van der Waals surface area contributed by atoms with E-state index in [9.17, 15) is 33.6 Å². The van der Waals surface area contributed by atoms with Crippen LogP contribution in [0.15, 0.2) is 72.8 Å². The molecule has 0 saturated carbocycles. The molecule has 10 N–H and O–H groups in total. The number of nitrogens with two attached hydrogens (primary N) is 2. The lowest BCUT2D eigenvalue weighted by molar-refractivity contribution is -0.134. The zero-order chi connectivity index (χ0) is 42.1. The summed E-state index contributed by atoms with van der Waals surface area (Å²) in [6.07, 6.45) is 2.54. The quantitative estimate of drug-likeness (QED) is 0.0727. The fourth-order valence-corrected chi connectivity index (χ4v) is 7.26. The van der Waals surface area contributed by atoms with Gasteiger partial charge in [-0.1, -0.05) is 86.7 Å². The van der Waals surface area contributed by atoms with Crippen LogP contribution in [-0.2, 0) is 46.4 Å². The van der Waals surface area contributed by atoms with Gasteiger partial charge in [0, 0.05) is 25.8 Å². The average molecular weight is 807 g/mol. The van der Waals surface area contributed by atoms with Crippen molar-refractivity contribution in [2.24, 2.45) is 29.2 Å². The molecule has 7 amide bonds. The van der Waals surface area contributed by atoms with Gasteiger partial charge >= 0.3 is 0 Å².